The molecule has 6 nitrogen and oxygen atoms in total. The summed E-state index contributed by atoms with van der Waals surface area (Å²) in [5.74, 6) is 0.0514. The quantitative estimate of drug-likeness (QED) is 0.588. The number of aryl methyl sites for hydroxylation is 2. The first-order valence-electron chi connectivity index (χ1n) is 12.0. The number of hydrogen-bond donors (Lipinski definition) is 2. The molecule has 1 unspecified atom stereocenters. The van der Waals surface area contributed by atoms with Crippen LogP contribution >= 0.6 is 0 Å². The second kappa shape index (κ2) is 10.2. The maximum absolute atomic E-state index is 11.7. The van der Waals surface area contributed by atoms with Gasteiger partial charge >= 0.3 is 5.97 Å². The average molecular weight is 454 g/mol. The van der Waals surface area contributed by atoms with Crippen LogP contribution in [0.1, 0.15) is 67.5 Å². The Kier molecular flexibility index (Phi) is 7.37. The molecule has 1 aliphatic carbocycles. The van der Waals surface area contributed by atoms with Gasteiger partial charge in [-0.25, -0.2) is 0 Å². The minimum atomic E-state index is -0.620. The molecular formula is C27H35NO5. The summed E-state index contributed by atoms with van der Waals surface area (Å²) in [5, 5.41) is 14.3. The highest BCUT2D eigenvalue weighted by Crippen LogP contribution is 2.33. The summed E-state index contributed by atoms with van der Waals surface area (Å²) in [6.45, 7) is 7.02. The molecule has 0 aromatic heterocycles. The molecule has 4 rings (SSSR count). The lowest BCUT2D eigenvalue weighted by atomic mass is 9.86. The SMILES string of the molecule is CCOC(=O)CCc1ccc2c(c1)C[C@@H](NCC(O)c1ccc3c(c1)COC(C)(C)O3)CC2. The lowest BCUT2D eigenvalue weighted by molar-refractivity contribution is -0.180. The van der Waals surface area contributed by atoms with Gasteiger partial charge in [-0.15, -0.1) is 0 Å². The van der Waals surface area contributed by atoms with Crippen LogP contribution in [0.15, 0.2) is 36.4 Å². The van der Waals surface area contributed by atoms with E-state index in [9.17, 15) is 9.90 Å². The zero-order valence-corrected chi connectivity index (χ0v) is 19.9. The van der Waals surface area contributed by atoms with Crippen molar-refractivity contribution in [3.05, 3.63) is 64.2 Å². The lowest BCUT2D eigenvalue weighted by Crippen LogP contribution is -2.37. The molecule has 33 heavy (non-hydrogen) atoms. The second-order valence-electron chi connectivity index (χ2n) is 9.43. The molecule has 0 fully saturated rings. The van der Waals surface area contributed by atoms with E-state index in [0.29, 0.717) is 38.6 Å². The van der Waals surface area contributed by atoms with Gasteiger partial charge < -0.3 is 24.6 Å². The van der Waals surface area contributed by atoms with Gasteiger partial charge in [-0.1, -0.05) is 24.3 Å². The molecule has 0 saturated carbocycles. The van der Waals surface area contributed by atoms with Crippen molar-refractivity contribution < 1.29 is 24.1 Å². The molecule has 2 atom stereocenters. The maximum Gasteiger partial charge on any atom is 0.306 e. The summed E-state index contributed by atoms with van der Waals surface area (Å²) >= 11 is 0. The van der Waals surface area contributed by atoms with Gasteiger partial charge in [0.2, 0.25) is 5.79 Å². The molecular weight excluding hydrogens is 418 g/mol. The van der Waals surface area contributed by atoms with Crippen molar-refractivity contribution >= 4 is 5.97 Å². The lowest BCUT2D eigenvalue weighted by Gasteiger charge is -2.33. The number of ether oxygens (including phenoxy) is 3. The molecule has 0 amide bonds. The molecule has 2 aromatic carbocycles. The smallest absolute Gasteiger partial charge is 0.306 e. The van der Waals surface area contributed by atoms with Crippen LogP contribution in [0.5, 0.6) is 5.75 Å². The molecule has 0 spiro atoms. The molecule has 2 aromatic rings. The van der Waals surface area contributed by atoms with Gasteiger partial charge in [0.15, 0.2) is 0 Å². The highest BCUT2D eigenvalue weighted by Gasteiger charge is 2.28. The van der Waals surface area contributed by atoms with Gasteiger partial charge in [0.25, 0.3) is 0 Å². The van der Waals surface area contributed by atoms with E-state index >= 15 is 0 Å². The summed E-state index contributed by atoms with van der Waals surface area (Å²) in [4.78, 5) is 11.7. The van der Waals surface area contributed by atoms with Gasteiger partial charge in [0.1, 0.15) is 5.75 Å². The fourth-order valence-corrected chi connectivity index (χ4v) is 4.58. The highest BCUT2D eigenvalue weighted by molar-refractivity contribution is 5.69. The summed E-state index contributed by atoms with van der Waals surface area (Å²) in [7, 11) is 0. The highest BCUT2D eigenvalue weighted by atomic mass is 16.7. The van der Waals surface area contributed by atoms with Crippen molar-refractivity contribution in [2.24, 2.45) is 0 Å². The Bertz CT molecular complexity index is 986. The molecule has 178 valence electrons. The first kappa shape index (κ1) is 23.7. The van der Waals surface area contributed by atoms with Gasteiger partial charge in [-0.2, -0.15) is 0 Å². The molecule has 0 radical (unpaired) electrons. The monoisotopic (exact) mass is 453 g/mol. The Morgan fingerprint density at radius 1 is 1.21 bits per heavy atom. The molecule has 2 N–H and O–H groups in total. The van der Waals surface area contributed by atoms with Crippen molar-refractivity contribution in [2.75, 3.05) is 13.2 Å². The fraction of sp³-hybridized carbons (Fsp3) is 0.519. The molecule has 0 bridgehead atoms. The van der Waals surface area contributed by atoms with Crippen LogP contribution in [0, 0.1) is 0 Å². The second-order valence-corrected chi connectivity index (χ2v) is 9.43. The van der Waals surface area contributed by atoms with Gasteiger partial charge in [-0.3, -0.25) is 4.79 Å². The first-order valence-corrected chi connectivity index (χ1v) is 12.0. The Labute approximate surface area is 196 Å². The van der Waals surface area contributed by atoms with Crippen LogP contribution in [-0.2, 0) is 40.1 Å². The number of aliphatic hydroxyl groups is 1. The number of hydrogen-bond acceptors (Lipinski definition) is 6. The molecule has 1 aliphatic heterocycles. The normalized spacial score (nSPS) is 19.7. The fourth-order valence-electron chi connectivity index (χ4n) is 4.58. The third-order valence-electron chi connectivity index (χ3n) is 6.42. The Morgan fingerprint density at radius 3 is 2.88 bits per heavy atom. The molecule has 6 heteroatoms. The minimum absolute atomic E-state index is 0.146. The number of rotatable bonds is 8. The van der Waals surface area contributed by atoms with Crippen LogP contribution in [0.25, 0.3) is 0 Å². The van der Waals surface area contributed by atoms with E-state index in [2.05, 4.69) is 23.5 Å². The minimum Gasteiger partial charge on any atom is -0.466 e. The summed E-state index contributed by atoms with van der Waals surface area (Å²) in [5.41, 5.74) is 5.72. The zero-order chi connectivity index (χ0) is 23.4. The van der Waals surface area contributed by atoms with Crippen molar-refractivity contribution in [1.29, 1.82) is 0 Å². The standard InChI is InChI=1S/C27H35NO5/c1-4-31-26(30)12-6-18-5-7-19-8-10-23(15-21(19)13-18)28-16-24(29)20-9-11-25-22(14-20)17-32-27(2,3)33-25/h5,7,9,11,13-14,23-24,28-29H,4,6,8,10,12,15-17H2,1-3H3/t23-,24?/m0/s1. The number of fused-ring (bicyclic) bond motifs is 2. The van der Waals surface area contributed by atoms with Crippen molar-refractivity contribution in [1.82, 2.24) is 5.32 Å². The van der Waals surface area contributed by atoms with Gasteiger partial charge in [0.05, 0.1) is 19.3 Å². The van der Waals surface area contributed by atoms with Crippen LogP contribution in [0.3, 0.4) is 0 Å². The van der Waals surface area contributed by atoms with Crippen LogP contribution in [0.2, 0.25) is 0 Å². The summed E-state index contributed by atoms with van der Waals surface area (Å²) in [6, 6.07) is 12.7. The number of nitrogens with one attached hydrogen (secondary N) is 1. The molecule has 2 aliphatic rings. The van der Waals surface area contributed by atoms with Crippen molar-refractivity contribution in [3.8, 4) is 5.75 Å². The Hall–Kier alpha value is -2.41. The topological polar surface area (TPSA) is 77.0 Å². The van der Waals surface area contributed by atoms with E-state index in [4.69, 9.17) is 14.2 Å². The summed E-state index contributed by atoms with van der Waals surface area (Å²) in [6.07, 6.45) is 3.51. The van der Waals surface area contributed by atoms with E-state index in [1.165, 1.54) is 16.7 Å². The average Bonchev–Trinajstić information content (AvgIpc) is 2.80. The maximum atomic E-state index is 11.7. The van der Waals surface area contributed by atoms with Gasteiger partial charge in [-0.05, 0) is 67.0 Å². The third kappa shape index (κ3) is 6.14. The van der Waals surface area contributed by atoms with Crippen LogP contribution in [0.4, 0.5) is 0 Å². The van der Waals surface area contributed by atoms with Crippen LogP contribution in [-0.4, -0.2) is 36.1 Å². The first-order chi connectivity index (χ1) is 15.8. The number of esters is 1. The van der Waals surface area contributed by atoms with E-state index in [1.54, 1.807) is 0 Å². The third-order valence-corrected chi connectivity index (χ3v) is 6.42. The Morgan fingerprint density at radius 2 is 2.06 bits per heavy atom. The van der Waals surface area contributed by atoms with Gasteiger partial charge in [0, 0.05) is 38.4 Å². The largest absolute Gasteiger partial charge is 0.466 e. The van der Waals surface area contributed by atoms with Crippen molar-refractivity contribution in [2.45, 2.75) is 77.4 Å². The van der Waals surface area contributed by atoms with E-state index in [1.807, 2.05) is 39.0 Å². The van der Waals surface area contributed by atoms with E-state index < -0.39 is 11.9 Å². The van der Waals surface area contributed by atoms with Crippen molar-refractivity contribution in [3.63, 3.8) is 0 Å². The molecule has 0 saturated heterocycles. The number of benzene rings is 2. The predicted molar refractivity (Wildman–Crippen MR) is 126 cm³/mol. The number of aliphatic hydroxyl groups excluding tert-OH is 1. The Balaban J connectivity index is 1.31. The van der Waals surface area contributed by atoms with E-state index in [-0.39, 0.29) is 5.97 Å². The molecule has 1 heterocycles. The summed E-state index contributed by atoms with van der Waals surface area (Å²) < 4.78 is 16.6. The zero-order valence-electron chi connectivity index (χ0n) is 19.9. The number of carbonyl (C=O) groups excluding carboxylic acids is 1. The number of carbonyl (C=O) groups is 1. The van der Waals surface area contributed by atoms with E-state index in [0.717, 1.165) is 36.1 Å². The predicted octanol–water partition coefficient (Wildman–Crippen LogP) is 4.01. The van der Waals surface area contributed by atoms with Crippen LogP contribution < -0.4 is 10.1 Å².